The molecular weight excluding hydrogens is 262 g/mol. The van der Waals surface area contributed by atoms with Crippen LogP contribution in [0.2, 0.25) is 0 Å². The third-order valence-corrected chi connectivity index (χ3v) is 5.34. The fourth-order valence-corrected chi connectivity index (χ4v) is 3.71. The number of hydrogen-bond donors (Lipinski definition) is 1. The molecule has 4 rings (SSSR count). The van der Waals surface area contributed by atoms with E-state index in [1.54, 1.807) is 0 Å². The van der Waals surface area contributed by atoms with Gasteiger partial charge in [0.05, 0.1) is 10.8 Å². The molecule has 2 N–H and O–H groups in total. The van der Waals surface area contributed by atoms with Crippen molar-refractivity contribution in [3.8, 4) is 0 Å². The Bertz CT molecular complexity index is 624. The first-order valence-electron chi connectivity index (χ1n) is 7.89. The molecule has 2 aliphatic rings. The lowest BCUT2D eigenvalue weighted by Crippen LogP contribution is -2.32. The summed E-state index contributed by atoms with van der Waals surface area (Å²) in [5.74, 6) is 1.61. The fraction of sp³-hybridized carbons (Fsp3) is 0.529. The molecule has 2 fully saturated rings. The van der Waals surface area contributed by atoms with Crippen LogP contribution in [0.4, 0.5) is 0 Å². The minimum absolute atomic E-state index is 0.0165. The van der Waals surface area contributed by atoms with E-state index in [-0.39, 0.29) is 10.8 Å². The number of hydrogen-bond acceptors (Lipinski definition) is 4. The Hall–Kier alpha value is -1.68. The van der Waals surface area contributed by atoms with Gasteiger partial charge in [0, 0.05) is 6.54 Å². The predicted molar refractivity (Wildman–Crippen MR) is 80.0 cm³/mol. The van der Waals surface area contributed by atoms with Crippen molar-refractivity contribution in [3.05, 3.63) is 47.6 Å². The van der Waals surface area contributed by atoms with Crippen LogP contribution in [0.5, 0.6) is 0 Å². The van der Waals surface area contributed by atoms with Crippen molar-refractivity contribution >= 4 is 0 Å². The summed E-state index contributed by atoms with van der Waals surface area (Å²) in [5, 5.41) is 4.32. The lowest BCUT2D eigenvalue weighted by molar-refractivity contribution is 0.282. The topological polar surface area (TPSA) is 64.9 Å². The minimum atomic E-state index is -0.0714. The summed E-state index contributed by atoms with van der Waals surface area (Å²) >= 11 is 0. The summed E-state index contributed by atoms with van der Waals surface area (Å²) in [5.41, 5.74) is 7.23. The average molecular weight is 283 g/mol. The number of nitrogens with zero attached hydrogens (tertiary/aromatic N) is 2. The number of nitrogens with two attached hydrogens (primary N) is 1. The van der Waals surface area contributed by atoms with E-state index in [2.05, 4.69) is 29.4 Å². The highest BCUT2D eigenvalue weighted by molar-refractivity contribution is 5.39. The van der Waals surface area contributed by atoms with E-state index in [4.69, 9.17) is 15.2 Å². The van der Waals surface area contributed by atoms with Gasteiger partial charge in [0.25, 0.3) is 0 Å². The molecule has 4 heteroatoms. The van der Waals surface area contributed by atoms with Crippen LogP contribution in [-0.4, -0.2) is 16.7 Å². The molecule has 1 aromatic heterocycles. The van der Waals surface area contributed by atoms with E-state index in [0.29, 0.717) is 6.54 Å². The van der Waals surface area contributed by atoms with Gasteiger partial charge in [0.1, 0.15) is 0 Å². The smallest absolute Gasteiger partial charge is 0.234 e. The number of aromatic nitrogens is 2. The molecule has 2 aromatic rings. The van der Waals surface area contributed by atoms with Gasteiger partial charge in [-0.2, -0.15) is 4.98 Å². The average Bonchev–Trinajstić information content (AvgIpc) is 2.99. The summed E-state index contributed by atoms with van der Waals surface area (Å²) in [6.07, 6.45) is 6.77. The molecule has 2 aliphatic carbocycles. The van der Waals surface area contributed by atoms with E-state index in [9.17, 15) is 0 Å². The third kappa shape index (κ3) is 1.93. The van der Waals surface area contributed by atoms with Crippen molar-refractivity contribution in [1.29, 1.82) is 0 Å². The van der Waals surface area contributed by atoms with Gasteiger partial charge < -0.3 is 10.3 Å². The molecule has 0 amide bonds. The molecule has 0 aliphatic heterocycles. The lowest BCUT2D eigenvalue weighted by atomic mass is 9.86. The molecule has 21 heavy (non-hydrogen) atoms. The molecule has 110 valence electrons. The SMILES string of the molecule is NCC1(c2nc(C3(c4ccccc4)CC3)no2)CCCC1. The molecular formula is C17H21N3O. The van der Waals surface area contributed by atoms with Gasteiger partial charge in [0.2, 0.25) is 5.89 Å². The van der Waals surface area contributed by atoms with Crippen molar-refractivity contribution in [2.75, 3.05) is 6.54 Å². The highest BCUT2D eigenvalue weighted by Gasteiger charge is 2.51. The molecule has 0 spiro atoms. The number of rotatable bonds is 4. The second-order valence-electron chi connectivity index (χ2n) is 6.56. The van der Waals surface area contributed by atoms with Crippen molar-refractivity contribution in [2.24, 2.45) is 5.73 Å². The Morgan fingerprint density at radius 3 is 2.38 bits per heavy atom. The molecule has 1 heterocycles. The molecule has 0 saturated heterocycles. The highest BCUT2D eigenvalue weighted by Crippen LogP contribution is 2.52. The van der Waals surface area contributed by atoms with E-state index in [1.165, 1.54) is 18.4 Å². The maximum atomic E-state index is 6.02. The monoisotopic (exact) mass is 283 g/mol. The Morgan fingerprint density at radius 1 is 1.05 bits per heavy atom. The van der Waals surface area contributed by atoms with Gasteiger partial charge in [-0.3, -0.25) is 0 Å². The second-order valence-corrected chi connectivity index (χ2v) is 6.56. The van der Waals surface area contributed by atoms with Crippen LogP contribution in [-0.2, 0) is 10.8 Å². The largest absolute Gasteiger partial charge is 0.339 e. The maximum Gasteiger partial charge on any atom is 0.234 e. The normalized spacial score (nSPS) is 22.3. The predicted octanol–water partition coefficient (Wildman–Crippen LogP) is 2.92. The Morgan fingerprint density at radius 2 is 1.76 bits per heavy atom. The first-order valence-corrected chi connectivity index (χ1v) is 7.89. The Balaban J connectivity index is 1.69. The molecule has 0 bridgehead atoms. The van der Waals surface area contributed by atoms with Crippen LogP contribution in [0.15, 0.2) is 34.9 Å². The summed E-state index contributed by atoms with van der Waals surface area (Å²) in [7, 11) is 0. The molecule has 1 aromatic carbocycles. The van der Waals surface area contributed by atoms with Crippen LogP contribution in [0.25, 0.3) is 0 Å². The Labute approximate surface area is 124 Å². The molecule has 4 nitrogen and oxygen atoms in total. The summed E-state index contributed by atoms with van der Waals surface area (Å²) in [6.45, 7) is 0.604. The number of benzene rings is 1. The van der Waals surface area contributed by atoms with Crippen LogP contribution < -0.4 is 5.73 Å². The molecule has 0 radical (unpaired) electrons. The van der Waals surface area contributed by atoms with Crippen LogP contribution in [0.3, 0.4) is 0 Å². The molecule has 2 saturated carbocycles. The summed E-state index contributed by atoms with van der Waals surface area (Å²) < 4.78 is 5.65. The van der Waals surface area contributed by atoms with Gasteiger partial charge in [-0.1, -0.05) is 48.3 Å². The summed E-state index contributed by atoms with van der Waals surface area (Å²) in [4.78, 5) is 4.79. The van der Waals surface area contributed by atoms with Crippen molar-refractivity contribution < 1.29 is 4.52 Å². The van der Waals surface area contributed by atoms with Gasteiger partial charge >= 0.3 is 0 Å². The zero-order valence-electron chi connectivity index (χ0n) is 12.2. The maximum absolute atomic E-state index is 6.02. The second kappa shape index (κ2) is 4.67. The quantitative estimate of drug-likeness (QED) is 0.937. The van der Waals surface area contributed by atoms with Crippen LogP contribution in [0, 0.1) is 0 Å². The summed E-state index contributed by atoms with van der Waals surface area (Å²) in [6, 6.07) is 10.5. The standard InChI is InChI=1S/C17H21N3O/c18-12-16(8-4-5-9-16)15-19-14(20-21-15)17(10-11-17)13-6-2-1-3-7-13/h1-3,6-7H,4-5,8-12,18H2. The van der Waals surface area contributed by atoms with E-state index in [1.807, 2.05) is 6.07 Å². The van der Waals surface area contributed by atoms with Gasteiger partial charge in [-0.25, -0.2) is 0 Å². The van der Waals surface area contributed by atoms with Crippen molar-refractivity contribution in [3.63, 3.8) is 0 Å². The van der Waals surface area contributed by atoms with Crippen molar-refractivity contribution in [1.82, 2.24) is 10.1 Å². The molecule has 0 atom stereocenters. The first-order chi connectivity index (χ1) is 10.3. The van der Waals surface area contributed by atoms with Crippen LogP contribution in [0.1, 0.15) is 55.8 Å². The van der Waals surface area contributed by atoms with E-state index in [0.717, 1.165) is 37.4 Å². The lowest BCUT2D eigenvalue weighted by Gasteiger charge is -2.21. The van der Waals surface area contributed by atoms with Gasteiger partial charge in [-0.15, -0.1) is 0 Å². The van der Waals surface area contributed by atoms with Gasteiger partial charge in [0.15, 0.2) is 5.82 Å². The zero-order chi connectivity index (χ0) is 14.3. The third-order valence-electron chi connectivity index (χ3n) is 5.34. The van der Waals surface area contributed by atoms with Gasteiger partial charge in [-0.05, 0) is 31.2 Å². The highest BCUT2D eigenvalue weighted by atomic mass is 16.5. The van der Waals surface area contributed by atoms with E-state index < -0.39 is 0 Å². The zero-order valence-corrected chi connectivity index (χ0v) is 12.2. The van der Waals surface area contributed by atoms with Crippen molar-refractivity contribution in [2.45, 2.75) is 49.4 Å². The first kappa shape index (κ1) is 13.0. The fourth-order valence-electron chi connectivity index (χ4n) is 3.71. The molecule has 0 unspecified atom stereocenters. The Kier molecular flexibility index (Phi) is 2.89. The van der Waals surface area contributed by atoms with Crippen LogP contribution >= 0.6 is 0 Å². The minimum Gasteiger partial charge on any atom is -0.339 e. The van der Waals surface area contributed by atoms with E-state index >= 15 is 0 Å².